The maximum Gasteiger partial charge on any atom is 0.135 e. The predicted octanol–water partition coefficient (Wildman–Crippen LogP) is 17.1. The van der Waals surface area contributed by atoms with Gasteiger partial charge in [0.2, 0.25) is 0 Å². The number of hydrogen-bond acceptors (Lipinski definition) is 4. The molecule has 0 saturated carbocycles. The number of aromatic nitrogens is 2. The SMILES string of the molecule is CC(C)(C)c1ccnc(-n2c3[c-]c(Oc4[c-]c(N5[CH-]N(c6c(-c7cc(F)cc(F)c7)cccc6-c6cc(F)cc(F)c6)c6ccccc65)cc(-c5ccccc5C(C)(C)C)c4)ccc3c3ccccc32)c1.[Pt]. The van der Waals surface area contributed by atoms with Gasteiger partial charge in [-0.05, 0) is 98.6 Å². The Morgan fingerprint density at radius 1 is 0.514 bits per heavy atom. The molecule has 10 heteroatoms. The molecule has 10 aromatic rings. The summed E-state index contributed by atoms with van der Waals surface area (Å²) in [7, 11) is 0. The number of pyridine rings is 1. The molecule has 0 spiro atoms. The fourth-order valence-electron chi connectivity index (χ4n) is 9.72. The minimum absolute atomic E-state index is 0. The van der Waals surface area contributed by atoms with Crippen LogP contribution in [0, 0.1) is 42.1 Å². The Labute approximate surface area is 431 Å². The summed E-state index contributed by atoms with van der Waals surface area (Å²) in [6.07, 6.45) is 1.85. The van der Waals surface area contributed by atoms with E-state index in [0.717, 1.165) is 67.7 Å². The molecule has 72 heavy (non-hydrogen) atoms. The maximum absolute atomic E-state index is 15.0. The summed E-state index contributed by atoms with van der Waals surface area (Å²) in [5, 5.41) is 2.06. The summed E-state index contributed by atoms with van der Waals surface area (Å²) in [6, 6.07) is 55.5. The van der Waals surface area contributed by atoms with Crippen LogP contribution in [0.2, 0.25) is 0 Å². The van der Waals surface area contributed by atoms with Crippen molar-refractivity contribution >= 4 is 44.6 Å². The Bertz CT molecular complexity index is 3610. The molecule has 0 radical (unpaired) electrons. The van der Waals surface area contributed by atoms with Gasteiger partial charge >= 0.3 is 0 Å². The van der Waals surface area contributed by atoms with Gasteiger partial charge in [0.25, 0.3) is 0 Å². The molecule has 0 amide bonds. The molecule has 2 aromatic heterocycles. The van der Waals surface area contributed by atoms with Gasteiger partial charge in [-0.3, -0.25) is 0 Å². The zero-order valence-electron chi connectivity index (χ0n) is 40.3. The van der Waals surface area contributed by atoms with Gasteiger partial charge in [-0.2, -0.15) is 6.07 Å². The molecule has 5 nitrogen and oxygen atoms in total. The van der Waals surface area contributed by atoms with Gasteiger partial charge < -0.3 is 19.1 Å². The third kappa shape index (κ3) is 8.96. The van der Waals surface area contributed by atoms with Crippen molar-refractivity contribution in [3.05, 3.63) is 223 Å². The summed E-state index contributed by atoms with van der Waals surface area (Å²) in [5.74, 6) is -1.40. The van der Waals surface area contributed by atoms with E-state index >= 15 is 17.6 Å². The molecule has 0 bridgehead atoms. The minimum Gasteiger partial charge on any atom is -0.509 e. The number of benzene rings is 8. The summed E-state index contributed by atoms with van der Waals surface area (Å²) < 4.78 is 69.2. The maximum atomic E-state index is 15.0. The van der Waals surface area contributed by atoms with Gasteiger partial charge in [0, 0.05) is 84.6 Å². The molecule has 1 aliphatic heterocycles. The molecular weight excluding hydrogens is 1090 g/mol. The zero-order chi connectivity index (χ0) is 49.3. The number of ether oxygens (including phenoxy) is 1. The molecule has 0 unspecified atom stereocenters. The molecule has 11 rings (SSSR count). The van der Waals surface area contributed by atoms with Crippen LogP contribution in [0.4, 0.5) is 40.3 Å². The number of fused-ring (bicyclic) bond motifs is 4. The molecule has 0 aliphatic carbocycles. The van der Waals surface area contributed by atoms with Crippen LogP contribution in [0.25, 0.3) is 61.0 Å². The fourth-order valence-corrected chi connectivity index (χ4v) is 9.72. The standard InChI is InChI=1S/C62H47F4N4O.Pt/c1-61(2,3)41-24-25-67-59(32-41)70-55-19-10-8-15-52(55)53-23-22-47(36-58(53)70)71-48-31-40(49-14-7-9-18-54(49)62(4,5)6)30-46(35-48)68-37-69(57-21-12-11-20-56(57)68)60-50(38-26-42(63)33-43(64)27-38)16-13-17-51(60)39-28-44(65)34-45(66)29-39;/h7-34,37H,1-6H3;/q-3;. The Hall–Kier alpha value is -7.48. The van der Waals surface area contributed by atoms with Crippen LogP contribution >= 0.6 is 0 Å². The van der Waals surface area contributed by atoms with E-state index in [1.54, 1.807) is 18.2 Å². The van der Waals surface area contributed by atoms with E-state index in [4.69, 9.17) is 9.72 Å². The van der Waals surface area contributed by atoms with E-state index in [1.807, 2.05) is 83.3 Å². The molecule has 3 heterocycles. The van der Waals surface area contributed by atoms with Crippen molar-refractivity contribution in [1.29, 1.82) is 0 Å². The van der Waals surface area contributed by atoms with Crippen molar-refractivity contribution in [3.8, 4) is 50.7 Å². The van der Waals surface area contributed by atoms with Crippen LogP contribution in [0.15, 0.2) is 170 Å². The van der Waals surface area contributed by atoms with Crippen LogP contribution in [0.5, 0.6) is 11.5 Å². The first-order chi connectivity index (χ1) is 34.1. The molecule has 362 valence electrons. The first kappa shape index (κ1) is 48.2. The second-order valence-electron chi connectivity index (χ2n) is 20.0. The van der Waals surface area contributed by atoms with E-state index in [9.17, 15) is 0 Å². The van der Waals surface area contributed by atoms with E-state index < -0.39 is 23.3 Å². The largest absolute Gasteiger partial charge is 0.509 e. The van der Waals surface area contributed by atoms with Crippen molar-refractivity contribution in [2.45, 2.75) is 52.4 Å². The second-order valence-corrected chi connectivity index (χ2v) is 20.0. The summed E-state index contributed by atoms with van der Waals surface area (Å²) in [4.78, 5) is 8.72. The molecule has 0 atom stereocenters. The number of nitrogens with zero attached hydrogens (tertiary/aromatic N) is 4. The van der Waals surface area contributed by atoms with Gasteiger partial charge in [-0.1, -0.05) is 120 Å². The monoisotopic (exact) mass is 1130 g/mol. The summed E-state index contributed by atoms with van der Waals surface area (Å²) in [5.41, 5.74) is 9.48. The molecule has 0 fully saturated rings. The third-order valence-corrected chi connectivity index (χ3v) is 13.0. The first-order valence-corrected chi connectivity index (χ1v) is 23.4. The smallest absolute Gasteiger partial charge is 0.135 e. The van der Waals surface area contributed by atoms with E-state index in [-0.39, 0.29) is 43.0 Å². The molecule has 1 aliphatic rings. The van der Waals surface area contributed by atoms with Crippen molar-refractivity contribution in [3.63, 3.8) is 0 Å². The van der Waals surface area contributed by atoms with Crippen LogP contribution in [-0.4, -0.2) is 9.55 Å². The van der Waals surface area contributed by atoms with Gasteiger partial charge in [0.15, 0.2) is 0 Å². The Kier molecular flexibility index (Phi) is 12.4. The van der Waals surface area contributed by atoms with Crippen molar-refractivity contribution in [2.75, 3.05) is 9.80 Å². The van der Waals surface area contributed by atoms with Crippen molar-refractivity contribution in [2.24, 2.45) is 0 Å². The number of anilines is 4. The Morgan fingerprint density at radius 2 is 1.10 bits per heavy atom. The van der Waals surface area contributed by atoms with Gasteiger partial charge in [-0.15, -0.1) is 53.6 Å². The molecule has 8 aromatic carbocycles. The van der Waals surface area contributed by atoms with Gasteiger partial charge in [0.1, 0.15) is 29.1 Å². The Balaban J connectivity index is 0.00000596. The zero-order valence-corrected chi connectivity index (χ0v) is 42.5. The van der Waals surface area contributed by atoms with Crippen LogP contribution in [0.3, 0.4) is 0 Å². The molecule has 0 N–H and O–H groups in total. The quantitative estimate of drug-likeness (QED) is 0.112. The fraction of sp³-hybridized carbons (Fsp3) is 0.129. The van der Waals surface area contributed by atoms with Crippen LogP contribution < -0.4 is 14.5 Å². The van der Waals surface area contributed by atoms with E-state index in [0.29, 0.717) is 39.7 Å². The van der Waals surface area contributed by atoms with Gasteiger partial charge in [-0.25, -0.2) is 22.5 Å². The topological polar surface area (TPSA) is 33.5 Å². The number of hydrogen-bond donors (Lipinski definition) is 0. The summed E-state index contributed by atoms with van der Waals surface area (Å²) in [6.45, 7) is 15.0. The number of para-hydroxylation sites is 4. The van der Waals surface area contributed by atoms with E-state index in [2.05, 4.69) is 107 Å². The minimum atomic E-state index is -0.765. The van der Waals surface area contributed by atoms with Crippen LogP contribution in [0.1, 0.15) is 52.7 Å². The molecular formula is C62H47F4N4OPt-3. The predicted molar refractivity (Wildman–Crippen MR) is 278 cm³/mol. The average molecular weight is 1140 g/mol. The summed E-state index contributed by atoms with van der Waals surface area (Å²) >= 11 is 0. The molecule has 0 saturated heterocycles. The number of halogens is 4. The van der Waals surface area contributed by atoms with Crippen molar-refractivity contribution < 1.29 is 43.4 Å². The average Bonchev–Trinajstić information content (AvgIpc) is 3.88. The van der Waals surface area contributed by atoms with Crippen molar-refractivity contribution in [1.82, 2.24) is 9.55 Å². The normalized spacial score (nSPS) is 12.6. The third-order valence-electron chi connectivity index (χ3n) is 13.0. The van der Waals surface area contributed by atoms with E-state index in [1.165, 1.54) is 24.3 Å². The number of rotatable bonds is 8. The van der Waals surface area contributed by atoms with Crippen LogP contribution in [-0.2, 0) is 31.9 Å². The van der Waals surface area contributed by atoms with Gasteiger partial charge in [0.05, 0.1) is 0 Å². The Morgan fingerprint density at radius 3 is 1.75 bits per heavy atom. The first-order valence-electron chi connectivity index (χ1n) is 23.4. The second kappa shape index (κ2) is 18.6.